The van der Waals surface area contributed by atoms with Crippen molar-refractivity contribution in [3.8, 4) is 0 Å². The average Bonchev–Trinajstić information content (AvgIpc) is 2.32. The Bertz CT molecular complexity index is 473. The van der Waals surface area contributed by atoms with Crippen LogP contribution in [0.1, 0.15) is 19.4 Å². The van der Waals surface area contributed by atoms with Crippen LogP contribution < -0.4 is 5.32 Å². The predicted octanol–water partition coefficient (Wildman–Crippen LogP) is 3.05. The van der Waals surface area contributed by atoms with Crippen molar-refractivity contribution in [3.63, 3.8) is 0 Å². The third kappa shape index (κ3) is 3.32. The summed E-state index contributed by atoms with van der Waals surface area (Å²) in [5.74, 6) is -2.57. The summed E-state index contributed by atoms with van der Waals surface area (Å²) in [5, 5.41) is 11.6. The summed E-state index contributed by atoms with van der Waals surface area (Å²) in [6, 6.07) is 5.52. The fraction of sp³-hybridized carbons (Fsp3) is 0.385. The topological polar surface area (TPSA) is 66.4 Å². The van der Waals surface area contributed by atoms with Gasteiger partial charge in [0.15, 0.2) is 0 Å². The Kier molecular flexibility index (Phi) is 4.90. The molecule has 5 heteroatoms. The van der Waals surface area contributed by atoms with Gasteiger partial charge in [-0.1, -0.05) is 26.0 Å². The maximum absolute atomic E-state index is 11.9. The minimum absolute atomic E-state index is 0.295. The van der Waals surface area contributed by atoms with Crippen LogP contribution in [0.5, 0.6) is 0 Å². The SMILES string of the molecule is Cc1cccc(NC(=O)C(C)C(C)C(=O)O)c1Br. The molecule has 0 heterocycles. The highest BCUT2D eigenvalue weighted by Crippen LogP contribution is 2.26. The van der Waals surface area contributed by atoms with E-state index in [0.717, 1.165) is 10.0 Å². The van der Waals surface area contributed by atoms with Crippen molar-refractivity contribution in [1.82, 2.24) is 0 Å². The first kappa shape index (κ1) is 14.7. The van der Waals surface area contributed by atoms with Gasteiger partial charge in [0, 0.05) is 10.4 Å². The van der Waals surface area contributed by atoms with Crippen LogP contribution in [0, 0.1) is 18.8 Å². The second-order valence-corrected chi connectivity index (χ2v) is 5.13. The van der Waals surface area contributed by atoms with Gasteiger partial charge in [-0.05, 0) is 34.5 Å². The van der Waals surface area contributed by atoms with E-state index in [4.69, 9.17) is 5.11 Å². The first-order valence-corrected chi connectivity index (χ1v) is 6.42. The number of rotatable bonds is 4. The first-order chi connectivity index (χ1) is 8.34. The van der Waals surface area contributed by atoms with E-state index in [1.807, 2.05) is 19.1 Å². The number of hydrogen-bond acceptors (Lipinski definition) is 2. The Hall–Kier alpha value is -1.36. The van der Waals surface area contributed by atoms with Gasteiger partial charge >= 0.3 is 5.97 Å². The molecule has 0 aliphatic carbocycles. The Balaban J connectivity index is 2.82. The zero-order valence-corrected chi connectivity index (χ0v) is 12.1. The lowest BCUT2D eigenvalue weighted by Crippen LogP contribution is -2.30. The summed E-state index contributed by atoms with van der Waals surface area (Å²) in [7, 11) is 0. The lowest BCUT2D eigenvalue weighted by Gasteiger charge is -2.16. The van der Waals surface area contributed by atoms with Crippen molar-refractivity contribution < 1.29 is 14.7 Å². The lowest BCUT2D eigenvalue weighted by atomic mass is 9.95. The van der Waals surface area contributed by atoms with E-state index < -0.39 is 17.8 Å². The first-order valence-electron chi connectivity index (χ1n) is 5.63. The summed E-state index contributed by atoms with van der Waals surface area (Å²) in [6.45, 7) is 5.05. The molecular formula is C13H16BrNO3. The molecule has 0 fully saturated rings. The zero-order valence-electron chi connectivity index (χ0n) is 10.5. The van der Waals surface area contributed by atoms with E-state index in [1.165, 1.54) is 6.92 Å². The summed E-state index contributed by atoms with van der Waals surface area (Å²) < 4.78 is 0.813. The molecule has 1 aromatic rings. The van der Waals surface area contributed by atoms with E-state index in [1.54, 1.807) is 13.0 Å². The van der Waals surface area contributed by atoms with Crippen molar-refractivity contribution in [2.45, 2.75) is 20.8 Å². The molecule has 0 radical (unpaired) electrons. The van der Waals surface area contributed by atoms with Crippen LogP contribution in [0.2, 0.25) is 0 Å². The number of carbonyl (C=O) groups is 2. The van der Waals surface area contributed by atoms with Gasteiger partial charge < -0.3 is 10.4 Å². The quantitative estimate of drug-likeness (QED) is 0.897. The lowest BCUT2D eigenvalue weighted by molar-refractivity contribution is -0.145. The summed E-state index contributed by atoms with van der Waals surface area (Å²) >= 11 is 3.39. The molecule has 1 amide bonds. The van der Waals surface area contributed by atoms with Crippen LogP contribution in [0.4, 0.5) is 5.69 Å². The largest absolute Gasteiger partial charge is 0.481 e. The monoisotopic (exact) mass is 313 g/mol. The van der Waals surface area contributed by atoms with E-state index in [-0.39, 0.29) is 5.91 Å². The molecule has 2 unspecified atom stereocenters. The number of carboxylic acids is 1. The standard InChI is InChI=1S/C13H16BrNO3/c1-7-5-4-6-10(11(7)14)15-12(16)8(2)9(3)13(17)18/h4-6,8-9H,1-3H3,(H,15,16)(H,17,18). The average molecular weight is 314 g/mol. The van der Waals surface area contributed by atoms with Crippen LogP contribution in [-0.2, 0) is 9.59 Å². The van der Waals surface area contributed by atoms with Crippen LogP contribution in [0.3, 0.4) is 0 Å². The molecule has 0 aliphatic rings. The molecule has 4 nitrogen and oxygen atoms in total. The van der Waals surface area contributed by atoms with Crippen molar-refractivity contribution >= 4 is 33.5 Å². The van der Waals surface area contributed by atoms with Gasteiger partial charge in [0.25, 0.3) is 0 Å². The summed E-state index contributed by atoms with van der Waals surface area (Å²) in [4.78, 5) is 22.8. The fourth-order valence-electron chi connectivity index (χ4n) is 1.43. The maximum atomic E-state index is 11.9. The molecule has 1 aromatic carbocycles. The number of hydrogen-bond donors (Lipinski definition) is 2. The molecule has 0 spiro atoms. The molecule has 98 valence electrons. The van der Waals surface area contributed by atoms with Crippen LogP contribution in [-0.4, -0.2) is 17.0 Å². The molecule has 2 atom stereocenters. The molecule has 0 aromatic heterocycles. The minimum atomic E-state index is -0.971. The molecular weight excluding hydrogens is 298 g/mol. The number of anilines is 1. The Morgan fingerprint density at radius 3 is 2.44 bits per heavy atom. The van der Waals surface area contributed by atoms with E-state index in [0.29, 0.717) is 5.69 Å². The third-order valence-corrected chi connectivity index (χ3v) is 4.06. The number of carbonyl (C=O) groups excluding carboxylic acids is 1. The highest BCUT2D eigenvalue weighted by Gasteiger charge is 2.26. The molecule has 2 N–H and O–H groups in total. The van der Waals surface area contributed by atoms with Gasteiger partial charge in [-0.25, -0.2) is 0 Å². The molecule has 0 bridgehead atoms. The van der Waals surface area contributed by atoms with E-state index in [2.05, 4.69) is 21.2 Å². The number of halogens is 1. The number of carboxylic acid groups (broad SMARTS) is 1. The Morgan fingerprint density at radius 1 is 1.28 bits per heavy atom. The number of benzene rings is 1. The van der Waals surface area contributed by atoms with Gasteiger partial charge in [-0.3, -0.25) is 9.59 Å². The van der Waals surface area contributed by atoms with Crippen molar-refractivity contribution in [3.05, 3.63) is 28.2 Å². The fourth-order valence-corrected chi connectivity index (χ4v) is 1.79. The third-order valence-electron chi connectivity index (χ3n) is 3.00. The van der Waals surface area contributed by atoms with E-state index >= 15 is 0 Å². The molecule has 1 rings (SSSR count). The normalized spacial score (nSPS) is 13.8. The molecule has 18 heavy (non-hydrogen) atoms. The molecule has 0 saturated carbocycles. The smallest absolute Gasteiger partial charge is 0.307 e. The van der Waals surface area contributed by atoms with Crippen molar-refractivity contribution in [2.24, 2.45) is 11.8 Å². The second kappa shape index (κ2) is 6.00. The van der Waals surface area contributed by atoms with Gasteiger partial charge in [0.1, 0.15) is 0 Å². The number of aryl methyl sites for hydroxylation is 1. The van der Waals surface area contributed by atoms with Crippen molar-refractivity contribution in [1.29, 1.82) is 0 Å². The van der Waals surface area contributed by atoms with Crippen LogP contribution >= 0.6 is 15.9 Å². The highest BCUT2D eigenvalue weighted by molar-refractivity contribution is 9.10. The van der Waals surface area contributed by atoms with Crippen LogP contribution in [0.25, 0.3) is 0 Å². The summed E-state index contributed by atoms with van der Waals surface area (Å²) in [5.41, 5.74) is 1.66. The molecule has 0 aliphatic heterocycles. The van der Waals surface area contributed by atoms with Gasteiger partial charge in [0.2, 0.25) is 5.91 Å². The Morgan fingerprint density at radius 2 is 1.89 bits per heavy atom. The van der Waals surface area contributed by atoms with Crippen molar-refractivity contribution in [2.75, 3.05) is 5.32 Å². The van der Waals surface area contributed by atoms with Gasteiger partial charge in [-0.15, -0.1) is 0 Å². The van der Waals surface area contributed by atoms with E-state index in [9.17, 15) is 9.59 Å². The second-order valence-electron chi connectivity index (χ2n) is 4.34. The predicted molar refractivity (Wildman–Crippen MR) is 73.5 cm³/mol. The minimum Gasteiger partial charge on any atom is -0.481 e. The number of aliphatic carboxylic acids is 1. The van der Waals surface area contributed by atoms with Gasteiger partial charge in [-0.2, -0.15) is 0 Å². The number of amides is 1. The molecule has 0 saturated heterocycles. The maximum Gasteiger partial charge on any atom is 0.307 e. The van der Waals surface area contributed by atoms with Crippen LogP contribution in [0.15, 0.2) is 22.7 Å². The summed E-state index contributed by atoms with van der Waals surface area (Å²) in [6.07, 6.45) is 0. The zero-order chi connectivity index (χ0) is 13.9. The number of nitrogens with one attached hydrogen (secondary N) is 1. The van der Waals surface area contributed by atoms with Gasteiger partial charge in [0.05, 0.1) is 11.6 Å². The highest BCUT2D eigenvalue weighted by atomic mass is 79.9. The Labute approximate surface area is 115 Å².